The third-order valence-corrected chi connectivity index (χ3v) is 10.7. The van der Waals surface area contributed by atoms with Crippen LogP contribution in [0.2, 0.25) is 0 Å². The fourth-order valence-electron chi connectivity index (χ4n) is 7.84. The fraction of sp³-hybridized carbons (Fsp3) is 0. The number of rotatable bonds is 7. The summed E-state index contributed by atoms with van der Waals surface area (Å²) >= 11 is 0. The van der Waals surface area contributed by atoms with Gasteiger partial charge in [0, 0.05) is 44.2 Å². The lowest BCUT2D eigenvalue weighted by atomic mass is 9.97. The van der Waals surface area contributed by atoms with E-state index >= 15 is 0 Å². The number of nitriles is 3. The lowest BCUT2D eigenvalue weighted by Gasteiger charge is -2.20. The van der Waals surface area contributed by atoms with Crippen LogP contribution in [-0.4, -0.2) is 24.5 Å². The monoisotopic (exact) mass is 778 g/mol. The van der Waals surface area contributed by atoms with Crippen LogP contribution < -0.4 is 0 Å². The van der Waals surface area contributed by atoms with Gasteiger partial charge in [-0.3, -0.25) is 0 Å². The average molecular weight is 779 g/mol. The van der Waals surface area contributed by atoms with Crippen LogP contribution >= 0.6 is 0 Å². The van der Waals surface area contributed by atoms with E-state index in [2.05, 4.69) is 22.8 Å². The molecule has 3 aromatic heterocycles. The highest BCUT2D eigenvalue weighted by Crippen LogP contribution is 2.43. The molecule has 0 saturated heterocycles. The average Bonchev–Trinajstić information content (AvgIpc) is 3.66. The number of aromatic nitrogens is 5. The molecule has 0 amide bonds. The molecule has 0 aliphatic carbocycles. The lowest BCUT2D eigenvalue weighted by molar-refractivity contribution is 1.12. The number of benzene rings is 7. The highest BCUT2D eigenvalue weighted by molar-refractivity contribution is 6.11. The second-order valence-electron chi connectivity index (χ2n) is 14.4. The SMILES string of the molecule is N#Cc1cc(-c2cc(-c3ccccc3)nc(-c3ccccc3)n2)c(-n2c3cc(C#N)ccc3c3ccc(C#N)cc32)c(-c2nc(-c3ccccc3)cc(-c3ccccc3)n2)c1. The number of hydrogen-bond donors (Lipinski definition) is 0. The van der Waals surface area contributed by atoms with Gasteiger partial charge in [0.15, 0.2) is 11.6 Å². The van der Waals surface area contributed by atoms with E-state index in [0.717, 1.165) is 44.1 Å². The molecule has 0 fully saturated rings. The van der Waals surface area contributed by atoms with Crippen LogP contribution in [0.25, 0.3) is 95.3 Å². The minimum atomic E-state index is 0.362. The summed E-state index contributed by atoms with van der Waals surface area (Å²) in [6, 6.07) is 65.4. The van der Waals surface area contributed by atoms with E-state index in [9.17, 15) is 15.8 Å². The largest absolute Gasteiger partial charge is 0.308 e. The van der Waals surface area contributed by atoms with E-state index < -0.39 is 0 Å². The minimum absolute atomic E-state index is 0.362. The Morgan fingerprint density at radius 3 is 1.20 bits per heavy atom. The molecule has 0 aliphatic rings. The van der Waals surface area contributed by atoms with E-state index in [0.29, 0.717) is 67.9 Å². The van der Waals surface area contributed by atoms with Crippen molar-refractivity contribution >= 4 is 21.8 Å². The predicted octanol–water partition coefficient (Wildman–Crippen LogP) is 12.0. The van der Waals surface area contributed by atoms with Crippen LogP contribution in [0.4, 0.5) is 0 Å². The topological polar surface area (TPSA) is 128 Å². The summed E-state index contributed by atoms with van der Waals surface area (Å²) < 4.78 is 2.06. The Bertz CT molecular complexity index is 3100. The Labute approximate surface area is 351 Å². The molecule has 0 unspecified atom stereocenters. The summed E-state index contributed by atoms with van der Waals surface area (Å²) in [6.07, 6.45) is 0. The molecule has 0 atom stereocenters. The molecule has 10 aromatic rings. The molecule has 282 valence electrons. The van der Waals surface area contributed by atoms with Crippen molar-refractivity contribution in [1.82, 2.24) is 24.5 Å². The van der Waals surface area contributed by atoms with Gasteiger partial charge in [-0.15, -0.1) is 0 Å². The third-order valence-electron chi connectivity index (χ3n) is 10.7. The number of fused-ring (bicyclic) bond motifs is 3. The molecule has 0 spiro atoms. The first-order valence-corrected chi connectivity index (χ1v) is 19.6. The van der Waals surface area contributed by atoms with Crippen molar-refractivity contribution in [2.75, 3.05) is 0 Å². The van der Waals surface area contributed by atoms with Gasteiger partial charge < -0.3 is 4.57 Å². The molecule has 10 rings (SSSR count). The van der Waals surface area contributed by atoms with E-state index in [1.807, 2.05) is 170 Å². The Balaban J connectivity index is 1.39. The van der Waals surface area contributed by atoms with Gasteiger partial charge in [-0.25, -0.2) is 19.9 Å². The summed E-state index contributed by atoms with van der Waals surface area (Å²) in [5.74, 6) is 0.873. The zero-order valence-electron chi connectivity index (χ0n) is 32.4. The first-order chi connectivity index (χ1) is 30.1. The minimum Gasteiger partial charge on any atom is -0.308 e. The van der Waals surface area contributed by atoms with Gasteiger partial charge in [0.25, 0.3) is 0 Å². The zero-order valence-corrected chi connectivity index (χ0v) is 32.4. The molecule has 0 bridgehead atoms. The van der Waals surface area contributed by atoms with Crippen molar-refractivity contribution < 1.29 is 0 Å². The molecular formula is C53H30N8. The van der Waals surface area contributed by atoms with Crippen LogP contribution in [0.5, 0.6) is 0 Å². The predicted molar refractivity (Wildman–Crippen MR) is 239 cm³/mol. The highest BCUT2D eigenvalue weighted by Gasteiger charge is 2.25. The summed E-state index contributed by atoms with van der Waals surface area (Å²) in [5.41, 5.74) is 10.6. The standard InChI is InChI=1S/C53H30N8/c54-31-34-21-23-41-42-24-22-35(32-55)28-50(42)61(49(41)27-34)51-43(48-30-47(39-17-9-3-10-18-39)57-52(60-48)40-19-11-4-12-20-40)25-36(33-56)26-44(51)53-58-45(37-13-5-1-6-14-37)29-46(59-53)38-15-7-2-8-16-38/h1-30H. The van der Waals surface area contributed by atoms with E-state index in [1.54, 1.807) is 12.1 Å². The van der Waals surface area contributed by atoms with Gasteiger partial charge in [0.1, 0.15) is 0 Å². The van der Waals surface area contributed by atoms with Crippen molar-refractivity contribution in [1.29, 1.82) is 15.8 Å². The molecule has 0 saturated carbocycles. The molecule has 8 nitrogen and oxygen atoms in total. The smallest absolute Gasteiger partial charge is 0.162 e. The van der Waals surface area contributed by atoms with Gasteiger partial charge in [0.2, 0.25) is 0 Å². The van der Waals surface area contributed by atoms with Crippen LogP contribution in [-0.2, 0) is 0 Å². The van der Waals surface area contributed by atoms with Gasteiger partial charge >= 0.3 is 0 Å². The molecule has 0 radical (unpaired) electrons. The second-order valence-corrected chi connectivity index (χ2v) is 14.4. The van der Waals surface area contributed by atoms with Crippen molar-refractivity contribution in [3.8, 4) is 91.7 Å². The Morgan fingerprint density at radius 2 is 0.738 bits per heavy atom. The Hall–Kier alpha value is -9.03. The molecule has 0 N–H and O–H groups in total. The van der Waals surface area contributed by atoms with Crippen molar-refractivity contribution in [2.24, 2.45) is 0 Å². The zero-order chi connectivity index (χ0) is 41.3. The van der Waals surface area contributed by atoms with E-state index in [-0.39, 0.29) is 0 Å². The quantitative estimate of drug-likeness (QED) is 0.157. The maximum absolute atomic E-state index is 10.8. The summed E-state index contributed by atoms with van der Waals surface area (Å²) in [7, 11) is 0. The second kappa shape index (κ2) is 15.4. The Kier molecular flexibility index (Phi) is 9.16. The normalized spacial score (nSPS) is 10.9. The van der Waals surface area contributed by atoms with Gasteiger partial charge in [-0.05, 0) is 48.5 Å². The fourth-order valence-corrected chi connectivity index (χ4v) is 7.84. The number of nitrogens with zero attached hydrogens (tertiary/aromatic N) is 8. The van der Waals surface area contributed by atoms with Crippen molar-refractivity contribution in [2.45, 2.75) is 0 Å². The van der Waals surface area contributed by atoms with Gasteiger partial charge in [0.05, 0.1) is 74.4 Å². The van der Waals surface area contributed by atoms with E-state index in [4.69, 9.17) is 19.9 Å². The summed E-state index contributed by atoms with van der Waals surface area (Å²) in [5, 5.41) is 33.0. The molecule has 8 heteroatoms. The van der Waals surface area contributed by atoms with Crippen LogP contribution in [0.1, 0.15) is 16.7 Å². The van der Waals surface area contributed by atoms with E-state index in [1.165, 1.54) is 0 Å². The molecule has 61 heavy (non-hydrogen) atoms. The summed E-state index contributed by atoms with van der Waals surface area (Å²) in [4.78, 5) is 20.9. The molecule has 7 aromatic carbocycles. The highest BCUT2D eigenvalue weighted by atomic mass is 15.0. The first kappa shape index (κ1) is 36.3. The lowest BCUT2D eigenvalue weighted by Crippen LogP contribution is -2.06. The van der Waals surface area contributed by atoms with Crippen LogP contribution in [0.3, 0.4) is 0 Å². The summed E-state index contributed by atoms with van der Waals surface area (Å²) in [6.45, 7) is 0. The molecule has 0 aliphatic heterocycles. The van der Waals surface area contributed by atoms with Crippen LogP contribution in [0, 0.1) is 34.0 Å². The Morgan fingerprint density at radius 1 is 0.344 bits per heavy atom. The van der Waals surface area contributed by atoms with Crippen LogP contribution in [0.15, 0.2) is 182 Å². The van der Waals surface area contributed by atoms with Gasteiger partial charge in [-0.2, -0.15) is 15.8 Å². The van der Waals surface area contributed by atoms with Crippen molar-refractivity contribution in [3.63, 3.8) is 0 Å². The first-order valence-electron chi connectivity index (χ1n) is 19.6. The van der Waals surface area contributed by atoms with Gasteiger partial charge in [-0.1, -0.05) is 133 Å². The number of hydrogen-bond acceptors (Lipinski definition) is 7. The molecular weight excluding hydrogens is 749 g/mol. The third kappa shape index (κ3) is 6.71. The maximum atomic E-state index is 10.8. The molecule has 3 heterocycles. The van der Waals surface area contributed by atoms with Crippen molar-refractivity contribution in [3.05, 3.63) is 199 Å². The maximum Gasteiger partial charge on any atom is 0.162 e.